The summed E-state index contributed by atoms with van der Waals surface area (Å²) in [6.07, 6.45) is 6.59. The third-order valence-corrected chi connectivity index (χ3v) is 5.36. The second kappa shape index (κ2) is 6.22. The van der Waals surface area contributed by atoms with Crippen LogP contribution < -0.4 is 0 Å². The number of nitrogens with one attached hydrogen (secondary N) is 1. The van der Waals surface area contributed by atoms with Crippen LogP contribution in [0.4, 0.5) is 0 Å². The summed E-state index contributed by atoms with van der Waals surface area (Å²) in [5.74, 6) is 0. The topological polar surface area (TPSA) is 66.1 Å². The lowest BCUT2D eigenvalue weighted by Gasteiger charge is -2.35. The van der Waals surface area contributed by atoms with Crippen LogP contribution in [-0.2, 0) is 16.4 Å². The second-order valence-electron chi connectivity index (χ2n) is 5.91. The molecule has 1 aromatic heterocycles. The van der Waals surface area contributed by atoms with E-state index in [0.29, 0.717) is 10.9 Å². The van der Waals surface area contributed by atoms with Crippen molar-refractivity contribution in [3.05, 3.63) is 47.8 Å². The van der Waals surface area contributed by atoms with Gasteiger partial charge in [0.25, 0.3) is 0 Å². The number of likely N-dealkylation sites (tertiary alicyclic amines) is 1. The van der Waals surface area contributed by atoms with Gasteiger partial charge in [-0.25, -0.2) is 8.42 Å². The van der Waals surface area contributed by atoms with E-state index >= 15 is 0 Å². The summed E-state index contributed by atoms with van der Waals surface area (Å²) in [4.78, 5) is 2.81. The van der Waals surface area contributed by atoms with Crippen molar-refractivity contribution in [2.24, 2.45) is 0 Å². The third-order valence-electron chi connectivity index (χ3n) is 4.23. The molecule has 5 nitrogen and oxygen atoms in total. The minimum atomic E-state index is -3.13. The van der Waals surface area contributed by atoms with Crippen LogP contribution in [0.3, 0.4) is 0 Å². The molecule has 1 atom stereocenters. The van der Waals surface area contributed by atoms with Gasteiger partial charge < -0.3 is 0 Å². The van der Waals surface area contributed by atoms with Crippen LogP contribution in [0.15, 0.2) is 41.4 Å². The Bertz CT molecular complexity index is 708. The Hall–Kier alpha value is -1.66. The zero-order chi connectivity index (χ0) is 15.6. The molecule has 2 heterocycles. The van der Waals surface area contributed by atoms with Gasteiger partial charge in [0.05, 0.1) is 16.6 Å². The number of piperidine rings is 1. The highest BCUT2D eigenvalue weighted by atomic mass is 32.2. The minimum absolute atomic E-state index is 0.367. The largest absolute Gasteiger partial charge is 0.291 e. The lowest BCUT2D eigenvalue weighted by atomic mass is 9.98. The van der Waals surface area contributed by atoms with E-state index in [1.807, 2.05) is 18.2 Å². The summed E-state index contributed by atoms with van der Waals surface area (Å²) in [5.41, 5.74) is 2.30. The maximum absolute atomic E-state index is 11.5. The van der Waals surface area contributed by atoms with E-state index in [9.17, 15) is 8.42 Å². The zero-order valence-corrected chi connectivity index (χ0v) is 13.5. The first-order valence-electron chi connectivity index (χ1n) is 7.56. The number of hydrogen-bond donors (Lipinski definition) is 1. The zero-order valence-electron chi connectivity index (χ0n) is 12.7. The van der Waals surface area contributed by atoms with Crippen molar-refractivity contribution < 1.29 is 8.42 Å². The van der Waals surface area contributed by atoms with Crippen LogP contribution in [0.5, 0.6) is 0 Å². The van der Waals surface area contributed by atoms with E-state index < -0.39 is 9.84 Å². The number of H-pyrrole nitrogens is 1. The van der Waals surface area contributed by atoms with Gasteiger partial charge in [0.2, 0.25) is 0 Å². The molecule has 1 N–H and O–H groups in total. The maximum Gasteiger partial charge on any atom is 0.175 e. The second-order valence-corrected chi connectivity index (χ2v) is 7.93. The van der Waals surface area contributed by atoms with Gasteiger partial charge in [-0.3, -0.25) is 10.00 Å². The summed E-state index contributed by atoms with van der Waals surface area (Å²) in [6.45, 7) is 1.88. The van der Waals surface area contributed by atoms with Crippen LogP contribution in [0.1, 0.15) is 36.6 Å². The fourth-order valence-electron chi connectivity index (χ4n) is 3.06. The van der Waals surface area contributed by atoms with Gasteiger partial charge in [-0.05, 0) is 43.1 Å². The van der Waals surface area contributed by atoms with Gasteiger partial charge in [0.1, 0.15) is 0 Å². The molecule has 22 heavy (non-hydrogen) atoms. The SMILES string of the molecule is CS(=O)(=O)c1ccc(CN2CCCC[C@@H]2c2ccn[nH]2)cc1. The first-order valence-corrected chi connectivity index (χ1v) is 9.45. The Kier molecular flexibility index (Phi) is 4.31. The molecule has 3 rings (SSSR count). The van der Waals surface area contributed by atoms with E-state index in [0.717, 1.165) is 30.8 Å². The highest BCUT2D eigenvalue weighted by molar-refractivity contribution is 7.90. The van der Waals surface area contributed by atoms with Crippen molar-refractivity contribution in [1.29, 1.82) is 0 Å². The van der Waals surface area contributed by atoms with Gasteiger partial charge in [-0.2, -0.15) is 5.10 Å². The van der Waals surface area contributed by atoms with Crippen LogP contribution >= 0.6 is 0 Å². The molecule has 0 bridgehead atoms. The van der Waals surface area contributed by atoms with Gasteiger partial charge in [0, 0.05) is 19.0 Å². The average Bonchev–Trinajstić information content (AvgIpc) is 3.01. The Morgan fingerprint density at radius 2 is 2.00 bits per heavy atom. The molecule has 1 aromatic carbocycles. The van der Waals surface area contributed by atoms with Crippen molar-refractivity contribution in [3.63, 3.8) is 0 Å². The Labute approximate surface area is 131 Å². The number of nitrogens with zero attached hydrogens (tertiary/aromatic N) is 2. The van der Waals surface area contributed by atoms with E-state index in [4.69, 9.17) is 0 Å². The van der Waals surface area contributed by atoms with E-state index in [2.05, 4.69) is 15.1 Å². The minimum Gasteiger partial charge on any atom is -0.291 e. The highest BCUT2D eigenvalue weighted by Gasteiger charge is 2.24. The Morgan fingerprint density at radius 1 is 1.23 bits per heavy atom. The summed E-state index contributed by atoms with van der Waals surface area (Å²) in [7, 11) is -3.13. The summed E-state index contributed by atoms with van der Waals surface area (Å²) < 4.78 is 23.0. The molecule has 0 radical (unpaired) electrons. The molecule has 0 spiro atoms. The first-order chi connectivity index (χ1) is 10.5. The number of sulfone groups is 1. The summed E-state index contributed by atoms with van der Waals surface area (Å²) in [5, 5.41) is 7.14. The van der Waals surface area contributed by atoms with Crippen molar-refractivity contribution in [2.45, 2.75) is 36.7 Å². The van der Waals surface area contributed by atoms with Crippen LogP contribution in [0.25, 0.3) is 0 Å². The molecule has 0 amide bonds. The standard InChI is InChI=1S/C16H21N3O2S/c1-22(20,21)14-7-5-13(6-8-14)12-19-11-3-2-4-16(19)15-9-10-17-18-15/h5-10,16H,2-4,11-12H2,1H3,(H,17,18)/t16-/m1/s1. The predicted octanol–water partition coefficient (Wildman–Crippen LogP) is 2.54. The Balaban J connectivity index is 1.76. The molecule has 1 fully saturated rings. The molecule has 6 heteroatoms. The molecule has 0 aliphatic carbocycles. The summed E-state index contributed by atoms with van der Waals surface area (Å²) in [6, 6.07) is 9.62. The lowest BCUT2D eigenvalue weighted by Crippen LogP contribution is -2.33. The monoisotopic (exact) mass is 319 g/mol. The van der Waals surface area contributed by atoms with Crippen LogP contribution in [-0.4, -0.2) is 36.3 Å². The number of aromatic nitrogens is 2. The first kappa shape index (κ1) is 15.2. The van der Waals surface area contributed by atoms with Crippen LogP contribution in [0.2, 0.25) is 0 Å². The molecular formula is C16H21N3O2S. The Morgan fingerprint density at radius 3 is 2.64 bits per heavy atom. The molecule has 0 saturated carbocycles. The maximum atomic E-state index is 11.5. The van der Waals surface area contributed by atoms with Gasteiger partial charge >= 0.3 is 0 Å². The fourth-order valence-corrected chi connectivity index (χ4v) is 3.69. The lowest BCUT2D eigenvalue weighted by molar-refractivity contribution is 0.137. The molecule has 118 valence electrons. The molecule has 1 aliphatic heterocycles. The number of rotatable bonds is 4. The summed E-state index contributed by atoms with van der Waals surface area (Å²) >= 11 is 0. The molecule has 1 aliphatic rings. The van der Waals surface area contributed by atoms with E-state index in [-0.39, 0.29) is 0 Å². The third kappa shape index (κ3) is 3.39. The molecule has 0 unspecified atom stereocenters. The van der Waals surface area contributed by atoms with Crippen molar-refractivity contribution >= 4 is 9.84 Å². The molecule has 2 aromatic rings. The van der Waals surface area contributed by atoms with E-state index in [1.54, 1.807) is 18.3 Å². The smallest absolute Gasteiger partial charge is 0.175 e. The fraction of sp³-hybridized carbons (Fsp3) is 0.438. The predicted molar refractivity (Wildman–Crippen MR) is 85.1 cm³/mol. The van der Waals surface area contributed by atoms with Crippen molar-refractivity contribution in [3.8, 4) is 0 Å². The van der Waals surface area contributed by atoms with E-state index in [1.165, 1.54) is 19.1 Å². The van der Waals surface area contributed by atoms with Crippen molar-refractivity contribution in [2.75, 3.05) is 12.8 Å². The van der Waals surface area contributed by atoms with Gasteiger partial charge in [0.15, 0.2) is 9.84 Å². The van der Waals surface area contributed by atoms with Gasteiger partial charge in [-0.1, -0.05) is 18.6 Å². The quantitative estimate of drug-likeness (QED) is 0.940. The highest BCUT2D eigenvalue weighted by Crippen LogP contribution is 2.30. The van der Waals surface area contributed by atoms with Crippen LogP contribution in [0, 0.1) is 0 Å². The average molecular weight is 319 g/mol. The molecule has 1 saturated heterocycles. The number of hydrogen-bond acceptors (Lipinski definition) is 4. The van der Waals surface area contributed by atoms with Gasteiger partial charge in [-0.15, -0.1) is 0 Å². The van der Waals surface area contributed by atoms with Crippen molar-refractivity contribution in [1.82, 2.24) is 15.1 Å². The number of aromatic amines is 1. The normalized spacial score (nSPS) is 20.1. The molecular weight excluding hydrogens is 298 g/mol. The number of benzene rings is 1.